The van der Waals surface area contributed by atoms with Crippen LogP contribution in [0.3, 0.4) is 0 Å². The Kier molecular flexibility index (Phi) is 7.03. The molecule has 1 saturated heterocycles. The van der Waals surface area contributed by atoms with Gasteiger partial charge >= 0.3 is 0 Å². The summed E-state index contributed by atoms with van der Waals surface area (Å²) < 4.78 is 5.21. The number of piperidine rings is 1. The molecule has 2 heterocycles. The van der Waals surface area contributed by atoms with Crippen LogP contribution < -0.4 is 10.1 Å². The number of aromatic nitrogens is 1. The van der Waals surface area contributed by atoms with E-state index < -0.39 is 0 Å². The third-order valence-corrected chi connectivity index (χ3v) is 5.88. The number of carbonyl (C=O) groups excluding carboxylic acids is 2. The predicted octanol–water partition coefficient (Wildman–Crippen LogP) is 2.60. The highest BCUT2D eigenvalue weighted by Crippen LogP contribution is 2.19. The molecule has 0 radical (unpaired) electrons. The van der Waals surface area contributed by atoms with Crippen LogP contribution >= 0.6 is 11.3 Å². The molecule has 1 aliphatic heterocycles. The van der Waals surface area contributed by atoms with Gasteiger partial charge in [0.2, 0.25) is 11.8 Å². The Morgan fingerprint density at radius 2 is 2.11 bits per heavy atom. The van der Waals surface area contributed by atoms with Gasteiger partial charge in [0, 0.05) is 37.4 Å². The number of amides is 2. The Hall–Kier alpha value is -2.41. The molecule has 0 aliphatic carbocycles. The van der Waals surface area contributed by atoms with E-state index in [0.717, 1.165) is 28.4 Å². The number of hydrogen-bond donors (Lipinski definition) is 1. The molecule has 7 heteroatoms. The first-order valence-electron chi connectivity index (χ1n) is 9.64. The van der Waals surface area contributed by atoms with Gasteiger partial charge in [0.05, 0.1) is 24.2 Å². The van der Waals surface area contributed by atoms with E-state index in [0.29, 0.717) is 38.9 Å². The first kappa shape index (κ1) is 20.3. The Morgan fingerprint density at radius 1 is 1.32 bits per heavy atom. The molecule has 1 N–H and O–H groups in total. The fourth-order valence-electron chi connectivity index (χ4n) is 3.44. The molecule has 0 bridgehead atoms. The van der Waals surface area contributed by atoms with E-state index >= 15 is 0 Å². The lowest BCUT2D eigenvalue weighted by Gasteiger charge is -2.31. The van der Waals surface area contributed by atoms with Crippen molar-refractivity contribution in [2.24, 2.45) is 5.92 Å². The number of benzene rings is 1. The Labute approximate surface area is 169 Å². The van der Waals surface area contributed by atoms with Crippen molar-refractivity contribution in [1.82, 2.24) is 15.2 Å². The molecule has 1 fully saturated rings. The highest BCUT2D eigenvalue weighted by Gasteiger charge is 2.27. The van der Waals surface area contributed by atoms with Crippen molar-refractivity contribution in [3.05, 3.63) is 45.9 Å². The summed E-state index contributed by atoms with van der Waals surface area (Å²) in [4.78, 5) is 31.2. The van der Waals surface area contributed by atoms with Gasteiger partial charge < -0.3 is 15.0 Å². The highest BCUT2D eigenvalue weighted by molar-refractivity contribution is 7.09. The van der Waals surface area contributed by atoms with Crippen LogP contribution in [0.5, 0.6) is 5.75 Å². The second-order valence-corrected chi connectivity index (χ2v) is 8.14. The normalized spacial score (nSPS) is 14.7. The lowest BCUT2D eigenvalue weighted by Crippen LogP contribution is -2.43. The number of likely N-dealkylation sites (tertiary alicyclic amines) is 1. The van der Waals surface area contributed by atoms with Gasteiger partial charge in [0.25, 0.3) is 0 Å². The summed E-state index contributed by atoms with van der Waals surface area (Å²) in [5.74, 6) is 0.935. The molecule has 0 saturated carbocycles. The van der Waals surface area contributed by atoms with Crippen molar-refractivity contribution in [1.29, 1.82) is 0 Å². The predicted molar refractivity (Wildman–Crippen MR) is 110 cm³/mol. The van der Waals surface area contributed by atoms with Gasteiger partial charge in [-0.3, -0.25) is 9.59 Å². The molecule has 2 aromatic rings. The molecule has 1 aromatic carbocycles. The number of carbonyl (C=O) groups is 2. The number of rotatable bonds is 7. The number of nitrogens with one attached hydrogen (secondary N) is 1. The molecule has 3 rings (SSSR count). The monoisotopic (exact) mass is 401 g/mol. The van der Waals surface area contributed by atoms with Gasteiger partial charge in [-0.25, -0.2) is 4.98 Å². The van der Waals surface area contributed by atoms with Gasteiger partial charge in [-0.1, -0.05) is 12.1 Å². The lowest BCUT2D eigenvalue weighted by atomic mass is 9.95. The number of nitrogens with zero attached hydrogens (tertiary/aromatic N) is 2. The molecule has 6 nitrogen and oxygen atoms in total. The summed E-state index contributed by atoms with van der Waals surface area (Å²) in [7, 11) is 1.62. The molecule has 28 heavy (non-hydrogen) atoms. The molecular weight excluding hydrogens is 374 g/mol. The molecule has 0 unspecified atom stereocenters. The quantitative estimate of drug-likeness (QED) is 0.774. The van der Waals surface area contributed by atoms with E-state index in [4.69, 9.17) is 4.74 Å². The fraction of sp³-hybridized carbons (Fsp3) is 0.476. The number of thiazole rings is 1. The van der Waals surface area contributed by atoms with Crippen LogP contribution in [0.2, 0.25) is 0 Å². The largest absolute Gasteiger partial charge is 0.497 e. The van der Waals surface area contributed by atoms with Gasteiger partial charge in [0.1, 0.15) is 5.75 Å². The fourth-order valence-corrected chi connectivity index (χ4v) is 4.09. The van der Waals surface area contributed by atoms with Gasteiger partial charge in [-0.2, -0.15) is 0 Å². The Morgan fingerprint density at radius 3 is 2.79 bits per heavy atom. The number of aryl methyl sites for hydroxylation is 1. The van der Waals surface area contributed by atoms with E-state index in [1.54, 1.807) is 18.4 Å². The van der Waals surface area contributed by atoms with E-state index in [2.05, 4.69) is 10.3 Å². The van der Waals surface area contributed by atoms with Crippen LogP contribution in [-0.2, 0) is 22.4 Å². The minimum atomic E-state index is -0.0157. The number of ether oxygens (including phenoxy) is 1. The van der Waals surface area contributed by atoms with E-state index in [9.17, 15) is 9.59 Å². The molecule has 2 amide bonds. The van der Waals surface area contributed by atoms with Crippen molar-refractivity contribution in [2.45, 2.75) is 32.6 Å². The van der Waals surface area contributed by atoms with Gasteiger partial charge in [-0.05, 0) is 37.5 Å². The van der Waals surface area contributed by atoms with E-state index in [1.165, 1.54) is 0 Å². The van der Waals surface area contributed by atoms with Crippen LogP contribution in [0.15, 0.2) is 29.6 Å². The SMILES string of the molecule is COc1cccc(CC(=O)N2CCC(C(=O)NCCc3csc(C)n3)CC2)c1. The van der Waals surface area contributed by atoms with Crippen molar-refractivity contribution >= 4 is 23.2 Å². The lowest BCUT2D eigenvalue weighted by molar-refractivity contribution is -0.135. The maximum Gasteiger partial charge on any atom is 0.226 e. The molecule has 150 valence electrons. The van der Waals surface area contributed by atoms with E-state index in [1.807, 2.05) is 41.5 Å². The van der Waals surface area contributed by atoms with Gasteiger partial charge in [-0.15, -0.1) is 11.3 Å². The van der Waals surface area contributed by atoms with Crippen LogP contribution in [0, 0.1) is 12.8 Å². The average Bonchev–Trinajstić information content (AvgIpc) is 3.13. The molecule has 0 atom stereocenters. The first-order valence-corrected chi connectivity index (χ1v) is 10.5. The smallest absolute Gasteiger partial charge is 0.226 e. The zero-order chi connectivity index (χ0) is 19.9. The summed E-state index contributed by atoms with van der Waals surface area (Å²) >= 11 is 1.63. The standard InChI is InChI=1S/C21H27N3O3S/c1-15-23-18(14-28-15)6-9-22-21(26)17-7-10-24(11-8-17)20(25)13-16-4-3-5-19(12-16)27-2/h3-5,12,14,17H,6-11,13H2,1-2H3,(H,22,26). The maximum absolute atomic E-state index is 12.6. The van der Waals surface area contributed by atoms with Crippen molar-refractivity contribution in [3.8, 4) is 5.75 Å². The Balaban J connectivity index is 1.40. The van der Waals surface area contributed by atoms with Crippen LogP contribution in [0.25, 0.3) is 0 Å². The summed E-state index contributed by atoms with van der Waals surface area (Å²) in [5.41, 5.74) is 1.97. The van der Waals surface area contributed by atoms with Crippen molar-refractivity contribution in [2.75, 3.05) is 26.7 Å². The average molecular weight is 402 g/mol. The van der Waals surface area contributed by atoms with E-state index in [-0.39, 0.29) is 17.7 Å². The molecule has 1 aliphatic rings. The van der Waals surface area contributed by atoms with Crippen LogP contribution in [-0.4, -0.2) is 48.4 Å². The topological polar surface area (TPSA) is 71.5 Å². The Bertz CT molecular complexity index is 813. The minimum absolute atomic E-state index is 0.0157. The van der Waals surface area contributed by atoms with Crippen LogP contribution in [0.4, 0.5) is 0 Å². The second-order valence-electron chi connectivity index (χ2n) is 7.08. The molecule has 1 aromatic heterocycles. The summed E-state index contributed by atoms with van der Waals surface area (Å²) in [6, 6.07) is 7.59. The summed E-state index contributed by atoms with van der Waals surface area (Å²) in [6.45, 7) is 3.85. The summed E-state index contributed by atoms with van der Waals surface area (Å²) in [5, 5.41) is 6.10. The van der Waals surface area contributed by atoms with Crippen molar-refractivity contribution in [3.63, 3.8) is 0 Å². The number of hydrogen-bond acceptors (Lipinski definition) is 5. The number of methoxy groups -OCH3 is 1. The second kappa shape index (κ2) is 9.68. The molecule has 0 spiro atoms. The zero-order valence-electron chi connectivity index (χ0n) is 16.4. The summed E-state index contributed by atoms with van der Waals surface area (Å²) in [6.07, 6.45) is 2.55. The highest BCUT2D eigenvalue weighted by atomic mass is 32.1. The first-order chi connectivity index (χ1) is 13.5. The molecular formula is C21H27N3O3S. The van der Waals surface area contributed by atoms with Gasteiger partial charge in [0.15, 0.2) is 0 Å². The van der Waals surface area contributed by atoms with Crippen molar-refractivity contribution < 1.29 is 14.3 Å². The zero-order valence-corrected chi connectivity index (χ0v) is 17.3. The third kappa shape index (κ3) is 5.55. The minimum Gasteiger partial charge on any atom is -0.497 e. The van der Waals surface area contributed by atoms with Crippen LogP contribution in [0.1, 0.15) is 29.1 Å². The third-order valence-electron chi connectivity index (χ3n) is 5.05. The maximum atomic E-state index is 12.6.